The molecule has 0 bridgehead atoms. The van der Waals surface area contributed by atoms with Gasteiger partial charge in [-0.1, -0.05) is 70.5 Å². The van der Waals surface area contributed by atoms with E-state index < -0.39 is 0 Å². The van der Waals surface area contributed by atoms with Crippen molar-refractivity contribution >= 4 is 39.5 Å². The van der Waals surface area contributed by atoms with Gasteiger partial charge in [-0.15, -0.1) is 0 Å². The number of nitrogens with one attached hydrogen (secondary N) is 1. The maximum Gasteiger partial charge on any atom is 0.294 e. The summed E-state index contributed by atoms with van der Waals surface area (Å²) in [7, 11) is 0. The predicted octanol–water partition coefficient (Wildman–Crippen LogP) is 5.68. The first kappa shape index (κ1) is 27.2. The van der Waals surface area contributed by atoms with Crippen molar-refractivity contribution in [3.05, 3.63) is 100 Å². The molecule has 202 valence electrons. The highest BCUT2D eigenvalue weighted by Crippen LogP contribution is 2.35. The quantitative estimate of drug-likeness (QED) is 0.258. The SMILES string of the molecule is O=C(CN1C(=O)C(=Cc2cccc(Br)c2)Oc2ccccc21)NCCCN1CCC(Cc2ccccc2)CC1. The number of halogens is 1. The number of nitrogens with zero attached hydrogens (tertiary/aromatic N) is 2. The monoisotopic (exact) mass is 587 g/mol. The van der Waals surface area contributed by atoms with Crippen LogP contribution in [0, 0.1) is 5.92 Å². The Morgan fingerprint density at radius 2 is 1.77 bits per heavy atom. The van der Waals surface area contributed by atoms with Crippen LogP contribution < -0.4 is 15.0 Å². The van der Waals surface area contributed by atoms with E-state index in [2.05, 4.69) is 56.5 Å². The summed E-state index contributed by atoms with van der Waals surface area (Å²) < 4.78 is 6.83. The molecule has 3 aromatic carbocycles. The molecular weight excluding hydrogens is 554 g/mol. The Hall–Kier alpha value is -3.42. The van der Waals surface area contributed by atoms with Gasteiger partial charge in [0.2, 0.25) is 5.91 Å². The van der Waals surface area contributed by atoms with Crippen molar-refractivity contribution in [3.63, 3.8) is 0 Å². The lowest BCUT2D eigenvalue weighted by Crippen LogP contribution is -2.44. The van der Waals surface area contributed by atoms with Gasteiger partial charge in [0.15, 0.2) is 11.5 Å². The van der Waals surface area contributed by atoms with E-state index in [1.165, 1.54) is 23.3 Å². The number of hydrogen-bond acceptors (Lipinski definition) is 4. The number of piperidine rings is 1. The van der Waals surface area contributed by atoms with Crippen LogP contribution in [0.4, 0.5) is 5.69 Å². The fourth-order valence-electron chi connectivity index (χ4n) is 5.26. The van der Waals surface area contributed by atoms with Crippen molar-refractivity contribution in [1.82, 2.24) is 10.2 Å². The summed E-state index contributed by atoms with van der Waals surface area (Å²) in [5, 5.41) is 3.01. The van der Waals surface area contributed by atoms with Gasteiger partial charge in [0.1, 0.15) is 6.54 Å². The number of likely N-dealkylation sites (tertiary alicyclic amines) is 1. The molecule has 2 amide bonds. The van der Waals surface area contributed by atoms with Crippen LogP contribution in [0.15, 0.2) is 89.1 Å². The molecule has 0 radical (unpaired) electrons. The number of fused-ring (bicyclic) bond motifs is 1. The molecule has 5 rings (SSSR count). The number of hydrogen-bond donors (Lipinski definition) is 1. The second-order valence-electron chi connectivity index (χ2n) is 10.2. The normalized spacial score (nSPS) is 17.1. The Balaban J connectivity index is 1.10. The summed E-state index contributed by atoms with van der Waals surface area (Å²) in [5.74, 6) is 0.988. The highest BCUT2D eigenvalue weighted by Gasteiger charge is 2.31. The number of benzene rings is 3. The molecule has 0 spiro atoms. The van der Waals surface area contributed by atoms with Gasteiger partial charge >= 0.3 is 0 Å². The number of carbonyl (C=O) groups excluding carboxylic acids is 2. The molecule has 2 aliphatic rings. The summed E-state index contributed by atoms with van der Waals surface area (Å²) in [6, 6.07) is 25.7. The minimum atomic E-state index is -0.331. The molecule has 1 fully saturated rings. The van der Waals surface area contributed by atoms with Crippen molar-refractivity contribution in [2.45, 2.75) is 25.7 Å². The standard InChI is InChI=1S/C32H34BrN3O3/c33-27-11-6-10-26(21-27)22-30-32(38)36(28-12-4-5-13-29(28)39-30)23-31(37)34-16-7-17-35-18-14-25(15-19-35)20-24-8-2-1-3-9-24/h1-6,8-13,21-22,25H,7,14-20,23H2,(H,34,37). The largest absolute Gasteiger partial charge is 0.449 e. The van der Waals surface area contributed by atoms with Crippen LogP contribution in [-0.4, -0.2) is 49.4 Å². The van der Waals surface area contributed by atoms with E-state index in [9.17, 15) is 9.59 Å². The van der Waals surface area contributed by atoms with Crippen molar-refractivity contribution in [2.24, 2.45) is 5.92 Å². The molecule has 7 heteroatoms. The maximum absolute atomic E-state index is 13.3. The second kappa shape index (κ2) is 13.1. The summed E-state index contributed by atoms with van der Waals surface area (Å²) in [5.41, 5.74) is 2.86. The maximum atomic E-state index is 13.3. The molecule has 0 aliphatic carbocycles. The molecule has 0 atom stereocenters. The summed E-state index contributed by atoms with van der Waals surface area (Å²) in [4.78, 5) is 30.2. The van der Waals surface area contributed by atoms with Gasteiger partial charge in [-0.2, -0.15) is 0 Å². The molecule has 2 heterocycles. The van der Waals surface area contributed by atoms with Crippen LogP contribution in [0.3, 0.4) is 0 Å². The topological polar surface area (TPSA) is 61.9 Å². The summed E-state index contributed by atoms with van der Waals surface area (Å²) >= 11 is 3.46. The predicted molar refractivity (Wildman–Crippen MR) is 158 cm³/mol. The number of rotatable bonds is 9. The second-order valence-corrected chi connectivity index (χ2v) is 11.1. The molecule has 0 aromatic heterocycles. The van der Waals surface area contributed by atoms with Gasteiger partial charge in [-0.05, 0) is 92.7 Å². The minimum Gasteiger partial charge on any atom is -0.449 e. The number of ether oxygens (including phenoxy) is 1. The molecule has 1 saturated heterocycles. The Bertz CT molecular complexity index is 1320. The number of para-hydroxylation sites is 2. The lowest BCUT2D eigenvalue weighted by molar-refractivity contribution is -0.123. The van der Waals surface area contributed by atoms with Crippen LogP contribution >= 0.6 is 15.9 Å². The molecule has 1 N–H and O–H groups in total. The van der Waals surface area contributed by atoms with E-state index in [-0.39, 0.29) is 24.1 Å². The third kappa shape index (κ3) is 7.37. The van der Waals surface area contributed by atoms with Crippen LogP contribution in [-0.2, 0) is 16.0 Å². The van der Waals surface area contributed by atoms with E-state index in [1.54, 1.807) is 12.1 Å². The van der Waals surface area contributed by atoms with E-state index in [0.29, 0.717) is 18.0 Å². The zero-order valence-electron chi connectivity index (χ0n) is 22.0. The highest BCUT2D eigenvalue weighted by molar-refractivity contribution is 9.10. The van der Waals surface area contributed by atoms with Gasteiger partial charge in [-0.25, -0.2) is 0 Å². The zero-order chi connectivity index (χ0) is 27.0. The molecule has 2 aliphatic heterocycles. The van der Waals surface area contributed by atoms with Gasteiger partial charge in [0, 0.05) is 11.0 Å². The van der Waals surface area contributed by atoms with E-state index in [4.69, 9.17) is 4.74 Å². The Morgan fingerprint density at radius 3 is 2.56 bits per heavy atom. The molecule has 0 unspecified atom stereocenters. The fourth-order valence-corrected chi connectivity index (χ4v) is 5.68. The summed E-state index contributed by atoms with van der Waals surface area (Å²) in [6.45, 7) is 3.72. The average molecular weight is 589 g/mol. The first-order valence-corrected chi connectivity index (χ1v) is 14.4. The van der Waals surface area contributed by atoms with E-state index in [1.807, 2.05) is 42.5 Å². The van der Waals surface area contributed by atoms with Crippen LogP contribution in [0.2, 0.25) is 0 Å². The molecule has 3 aromatic rings. The zero-order valence-corrected chi connectivity index (χ0v) is 23.6. The molecular formula is C32H34BrN3O3. The lowest BCUT2D eigenvalue weighted by atomic mass is 9.90. The number of anilines is 1. The highest BCUT2D eigenvalue weighted by atomic mass is 79.9. The summed E-state index contributed by atoms with van der Waals surface area (Å²) in [6.07, 6.45) is 6.19. The molecule has 39 heavy (non-hydrogen) atoms. The van der Waals surface area contributed by atoms with Crippen molar-refractivity contribution in [3.8, 4) is 5.75 Å². The first-order chi connectivity index (χ1) is 19.0. The van der Waals surface area contributed by atoms with Crippen molar-refractivity contribution < 1.29 is 14.3 Å². The molecule has 0 saturated carbocycles. The Kier molecular flexibility index (Phi) is 9.12. The number of carbonyl (C=O) groups is 2. The average Bonchev–Trinajstić information content (AvgIpc) is 2.95. The minimum absolute atomic E-state index is 0.0556. The third-order valence-electron chi connectivity index (χ3n) is 7.33. The fraction of sp³-hybridized carbons (Fsp3) is 0.312. The van der Waals surface area contributed by atoms with Gasteiger partial charge in [0.05, 0.1) is 5.69 Å². The van der Waals surface area contributed by atoms with Crippen LogP contribution in [0.25, 0.3) is 6.08 Å². The lowest BCUT2D eigenvalue weighted by Gasteiger charge is -2.32. The first-order valence-electron chi connectivity index (χ1n) is 13.6. The number of amides is 2. The Morgan fingerprint density at radius 1 is 1.00 bits per heavy atom. The van der Waals surface area contributed by atoms with Gasteiger partial charge in [0.25, 0.3) is 5.91 Å². The van der Waals surface area contributed by atoms with E-state index in [0.717, 1.165) is 48.4 Å². The van der Waals surface area contributed by atoms with Crippen LogP contribution in [0.1, 0.15) is 30.4 Å². The van der Waals surface area contributed by atoms with E-state index >= 15 is 0 Å². The smallest absolute Gasteiger partial charge is 0.294 e. The molecule has 6 nitrogen and oxygen atoms in total. The van der Waals surface area contributed by atoms with Crippen molar-refractivity contribution in [2.75, 3.05) is 37.6 Å². The Labute approximate surface area is 238 Å². The van der Waals surface area contributed by atoms with Gasteiger partial charge in [-0.3, -0.25) is 14.5 Å². The van der Waals surface area contributed by atoms with Gasteiger partial charge < -0.3 is 15.0 Å². The third-order valence-corrected chi connectivity index (χ3v) is 7.82. The van der Waals surface area contributed by atoms with Crippen LogP contribution in [0.5, 0.6) is 5.75 Å². The van der Waals surface area contributed by atoms with Crippen molar-refractivity contribution in [1.29, 1.82) is 0 Å².